The van der Waals surface area contributed by atoms with Gasteiger partial charge >= 0.3 is 0 Å². The number of carbonyl (C=O) groups excluding carboxylic acids is 1. The Morgan fingerprint density at radius 2 is 1.93 bits per heavy atom. The molecule has 1 aliphatic heterocycles. The van der Waals surface area contributed by atoms with Crippen molar-refractivity contribution in [2.45, 2.75) is 31.0 Å². The minimum absolute atomic E-state index is 0.0590. The predicted octanol–water partition coefficient (Wildman–Crippen LogP) is 3.67. The summed E-state index contributed by atoms with van der Waals surface area (Å²) in [5, 5.41) is 0. The Hall–Kier alpha value is -4.17. The van der Waals surface area contributed by atoms with Gasteiger partial charge in [0.25, 0.3) is 16.0 Å². The maximum absolute atomic E-state index is 13.5. The maximum Gasteiger partial charge on any atom is 0.294 e. The molecule has 10 heteroatoms. The van der Waals surface area contributed by atoms with Crippen LogP contribution in [-0.4, -0.2) is 71.0 Å². The quantitative estimate of drug-likeness (QED) is 0.273. The van der Waals surface area contributed by atoms with Crippen LogP contribution in [-0.2, 0) is 23.2 Å². The Kier molecular flexibility index (Phi) is 7.63. The molecule has 5 rings (SSSR count). The molecular weight excluding hydrogens is 528 g/mol. The third-order valence-electron chi connectivity index (χ3n) is 7.21. The number of nitrogens with zero attached hydrogens (tertiary/aromatic N) is 4. The highest BCUT2D eigenvalue weighted by Crippen LogP contribution is 2.24. The molecule has 1 fully saturated rings. The van der Waals surface area contributed by atoms with Crippen LogP contribution in [0.3, 0.4) is 0 Å². The van der Waals surface area contributed by atoms with E-state index in [1.165, 1.54) is 12.1 Å². The third kappa shape index (κ3) is 5.72. The number of hydrogen-bond donors (Lipinski definition) is 1. The predicted molar refractivity (Wildman–Crippen MR) is 152 cm³/mol. The molecule has 0 bridgehead atoms. The topological polar surface area (TPSA) is 105 Å². The van der Waals surface area contributed by atoms with E-state index in [4.69, 9.17) is 11.2 Å². The molecule has 1 N–H and O–H groups in total. The number of hydrogen-bond acceptors (Lipinski definition) is 6. The number of para-hydroxylation sites is 1. The van der Waals surface area contributed by atoms with Crippen molar-refractivity contribution in [3.05, 3.63) is 89.2 Å². The Bertz CT molecular complexity index is 1720. The van der Waals surface area contributed by atoms with Gasteiger partial charge in [0.15, 0.2) is 0 Å². The van der Waals surface area contributed by atoms with Gasteiger partial charge in [-0.25, -0.2) is 4.98 Å². The van der Waals surface area contributed by atoms with E-state index in [9.17, 15) is 17.8 Å². The van der Waals surface area contributed by atoms with Gasteiger partial charge in [0, 0.05) is 48.9 Å². The number of aromatic nitrogens is 2. The van der Waals surface area contributed by atoms with Gasteiger partial charge in [-0.1, -0.05) is 24.1 Å². The first kappa shape index (κ1) is 27.4. The van der Waals surface area contributed by atoms with E-state index < -0.39 is 10.1 Å². The fraction of sp³-hybridized carbons (Fsp3) is 0.267. The molecule has 206 valence electrons. The zero-order valence-corrected chi connectivity index (χ0v) is 23.1. The number of terminal acetylenes is 1. The number of benzene rings is 3. The van der Waals surface area contributed by atoms with Gasteiger partial charge in [-0.3, -0.25) is 14.2 Å². The van der Waals surface area contributed by atoms with Gasteiger partial charge in [-0.05, 0) is 55.0 Å². The molecule has 2 heterocycles. The Labute approximate surface area is 233 Å². The van der Waals surface area contributed by atoms with Gasteiger partial charge in [0.1, 0.15) is 5.75 Å². The van der Waals surface area contributed by atoms with Crippen molar-refractivity contribution in [2.24, 2.45) is 0 Å². The summed E-state index contributed by atoms with van der Waals surface area (Å²) in [5.41, 5.74) is 4.36. The molecule has 40 heavy (non-hydrogen) atoms. The molecular formula is C30H30N4O5S. The molecule has 1 saturated heterocycles. The highest BCUT2D eigenvalue weighted by Gasteiger charge is 2.28. The fourth-order valence-electron chi connectivity index (χ4n) is 5.23. The van der Waals surface area contributed by atoms with Gasteiger partial charge in [0.2, 0.25) is 0 Å². The van der Waals surface area contributed by atoms with Crippen LogP contribution in [0.2, 0.25) is 0 Å². The summed E-state index contributed by atoms with van der Waals surface area (Å²) in [6.07, 6.45) is 7.25. The van der Waals surface area contributed by atoms with Gasteiger partial charge in [-0.2, -0.15) is 8.42 Å². The van der Waals surface area contributed by atoms with Crippen LogP contribution >= 0.6 is 0 Å². The first-order valence-corrected chi connectivity index (χ1v) is 14.3. The van der Waals surface area contributed by atoms with Crippen molar-refractivity contribution < 1.29 is 22.5 Å². The summed E-state index contributed by atoms with van der Waals surface area (Å²) in [4.78, 5) is 21.8. The molecule has 0 saturated carbocycles. The summed E-state index contributed by atoms with van der Waals surface area (Å²) in [5.74, 6) is 3.19. The molecule has 0 radical (unpaired) electrons. The van der Waals surface area contributed by atoms with Crippen molar-refractivity contribution in [1.29, 1.82) is 0 Å². The zero-order chi connectivity index (χ0) is 28.4. The lowest BCUT2D eigenvalue weighted by atomic mass is 10.1. The number of ether oxygens (including phenoxy) is 1. The molecule has 0 spiro atoms. The molecule has 9 nitrogen and oxygen atoms in total. The summed E-state index contributed by atoms with van der Waals surface area (Å²) in [6, 6.07) is 17.8. The van der Waals surface area contributed by atoms with Gasteiger partial charge < -0.3 is 14.2 Å². The first-order valence-electron chi connectivity index (χ1n) is 12.8. The standard InChI is InChI=1S/C30H30N4O5S/c1-4-22-13-23(15-26(14-22)40(36,37)38)18-32-11-12-34(21(2)17-32)30(35)24-9-10-28-27(16-24)31-20-33(28)19-25-7-5-6-8-29(25)39-3/h1,5-10,13-16,20-21H,11-12,17-19H2,2-3H3,(H,36,37,38)/t21-/m1/s1. The van der Waals surface area contributed by atoms with Crippen LogP contribution < -0.4 is 4.74 Å². The van der Waals surface area contributed by atoms with Crippen LogP contribution in [0.1, 0.15) is 34.0 Å². The minimum Gasteiger partial charge on any atom is -0.496 e. The summed E-state index contributed by atoms with van der Waals surface area (Å²) >= 11 is 0. The van der Waals surface area contributed by atoms with Crippen LogP contribution in [0.4, 0.5) is 0 Å². The summed E-state index contributed by atoms with van der Waals surface area (Å²) in [7, 11) is -2.72. The van der Waals surface area contributed by atoms with Gasteiger partial charge in [-0.15, -0.1) is 6.42 Å². The van der Waals surface area contributed by atoms with E-state index in [1.807, 2.05) is 58.9 Å². The Morgan fingerprint density at radius 3 is 2.65 bits per heavy atom. The number of fused-ring (bicyclic) bond motifs is 1. The molecule has 1 aromatic heterocycles. The van der Waals surface area contributed by atoms with Crippen LogP contribution in [0, 0.1) is 12.3 Å². The first-order chi connectivity index (χ1) is 19.2. The number of imidazole rings is 1. The lowest BCUT2D eigenvalue weighted by Crippen LogP contribution is -2.53. The van der Waals surface area contributed by atoms with Crippen molar-refractivity contribution in [3.63, 3.8) is 0 Å². The van der Waals surface area contributed by atoms with Crippen molar-refractivity contribution in [2.75, 3.05) is 26.7 Å². The van der Waals surface area contributed by atoms with Crippen molar-refractivity contribution in [1.82, 2.24) is 19.4 Å². The van der Waals surface area contributed by atoms with E-state index in [-0.39, 0.29) is 16.8 Å². The summed E-state index contributed by atoms with van der Waals surface area (Å²) in [6.45, 7) is 4.76. The highest BCUT2D eigenvalue weighted by molar-refractivity contribution is 7.85. The average molecular weight is 559 g/mol. The number of rotatable bonds is 7. The lowest BCUT2D eigenvalue weighted by Gasteiger charge is -2.40. The maximum atomic E-state index is 13.5. The fourth-order valence-corrected chi connectivity index (χ4v) is 5.80. The number of amides is 1. The van der Waals surface area contributed by atoms with Crippen LogP contribution in [0.25, 0.3) is 11.0 Å². The molecule has 4 aromatic rings. The molecule has 1 aliphatic rings. The van der Waals surface area contributed by atoms with Crippen molar-refractivity contribution >= 4 is 27.1 Å². The number of carbonyl (C=O) groups is 1. The normalized spacial score (nSPS) is 16.1. The number of methoxy groups -OCH3 is 1. The third-order valence-corrected chi connectivity index (χ3v) is 8.04. The Morgan fingerprint density at radius 1 is 1.12 bits per heavy atom. The zero-order valence-electron chi connectivity index (χ0n) is 22.3. The van der Waals surface area contributed by atoms with E-state index in [2.05, 4.69) is 15.8 Å². The molecule has 1 amide bonds. The second-order valence-corrected chi connectivity index (χ2v) is 11.4. The van der Waals surface area contributed by atoms with Crippen molar-refractivity contribution in [3.8, 4) is 18.1 Å². The largest absolute Gasteiger partial charge is 0.496 e. The molecule has 3 aromatic carbocycles. The van der Waals surface area contributed by atoms with Crippen LogP contribution in [0.15, 0.2) is 71.9 Å². The smallest absolute Gasteiger partial charge is 0.294 e. The lowest BCUT2D eigenvalue weighted by molar-refractivity contribution is 0.0475. The molecule has 0 aliphatic carbocycles. The van der Waals surface area contributed by atoms with E-state index in [1.54, 1.807) is 19.5 Å². The van der Waals surface area contributed by atoms with E-state index in [0.717, 1.165) is 22.3 Å². The van der Waals surface area contributed by atoms with Gasteiger partial charge in [0.05, 0.1) is 35.9 Å². The molecule has 0 unspecified atom stereocenters. The van der Waals surface area contributed by atoms with E-state index >= 15 is 0 Å². The SMILES string of the molecule is C#Cc1cc(CN2CCN(C(=O)c3ccc4c(c3)ncn4Cc3ccccc3OC)[C@H](C)C2)cc(S(=O)(=O)O)c1. The second kappa shape index (κ2) is 11.1. The minimum atomic E-state index is -4.37. The van der Waals surface area contributed by atoms with E-state index in [0.29, 0.717) is 49.4 Å². The second-order valence-electron chi connectivity index (χ2n) is 9.96. The highest BCUT2D eigenvalue weighted by atomic mass is 32.2. The van der Waals surface area contributed by atoms with Crippen LogP contribution in [0.5, 0.6) is 5.75 Å². The monoisotopic (exact) mass is 558 g/mol. The molecule has 1 atom stereocenters. The summed E-state index contributed by atoms with van der Waals surface area (Å²) < 4.78 is 40.3. The number of piperazine rings is 1. The Balaban J connectivity index is 1.28. The average Bonchev–Trinajstić information content (AvgIpc) is 3.34.